The number of rotatable bonds is 4. The van der Waals surface area contributed by atoms with Crippen molar-refractivity contribution in [1.29, 1.82) is 0 Å². The van der Waals surface area contributed by atoms with E-state index in [4.69, 9.17) is 4.74 Å². The van der Waals surface area contributed by atoms with E-state index in [2.05, 4.69) is 5.32 Å². The van der Waals surface area contributed by atoms with Crippen molar-refractivity contribution in [2.75, 3.05) is 26.2 Å². The van der Waals surface area contributed by atoms with Gasteiger partial charge in [0.1, 0.15) is 4.88 Å². The van der Waals surface area contributed by atoms with Crippen LogP contribution >= 0.6 is 11.3 Å². The molecule has 1 spiro atoms. The summed E-state index contributed by atoms with van der Waals surface area (Å²) in [5, 5.41) is 11.9. The van der Waals surface area contributed by atoms with Crippen LogP contribution in [0.4, 0.5) is 0 Å². The highest BCUT2D eigenvalue weighted by Gasteiger charge is 2.43. The van der Waals surface area contributed by atoms with Crippen LogP contribution in [0.2, 0.25) is 0 Å². The molecule has 2 aliphatic rings. The second-order valence-electron chi connectivity index (χ2n) is 6.46. The number of amides is 2. The van der Waals surface area contributed by atoms with Crippen molar-refractivity contribution in [3.63, 3.8) is 0 Å². The number of fused-ring (bicyclic) bond motifs is 2. The topological polar surface area (TPSA) is 95.9 Å². The summed E-state index contributed by atoms with van der Waals surface area (Å²) in [7, 11) is 0. The van der Waals surface area contributed by atoms with Gasteiger partial charge in [0.05, 0.1) is 12.2 Å². The maximum Gasteiger partial charge on any atom is 0.345 e. The van der Waals surface area contributed by atoms with Crippen molar-refractivity contribution in [3.8, 4) is 0 Å². The third-order valence-corrected chi connectivity index (χ3v) is 6.04. The summed E-state index contributed by atoms with van der Waals surface area (Å²) in [5.74, 6) is -1.02. The fraction of sp³-hybridized carbons (Fsp3) is 0.588. The molecular formula is C17H22N2O5S. The molecule has 1 fully saturated rings. The van der Waals surface area contributed by atoms with Crippen molar-refractivity contribution < 1.29 is 24.2 Å². The molecule has 136 valence electrons. The molecule has 0 bridgehead atoms. The highest BCUT2D eigenvalue weighted by molar-refractivity contribution is 7.14. The van der Waals surface area contributed by atoms with Crippen LogP contribution in [0.5, 0.6) is 0 Å². The van der Waals surface area contributed by atoms with Crippen LogP contribution in [0.1, 0.15) is 46.3 Å². The molecule has 2 N–H and O–H groups in total. The van der Waals surface area contributed by atoms with Gasteiger partial charge in [-0.3, -0.25) is 9.59 Å². The molecule has 3 heterocycles. The molecule has 2 amide bonds. The lowest BCUT2D eigenvalue weighted by Crippen LogP contribution is -2.48. The number of carboxylic acids is 1. The quantitative estimate of drug-likeness (QED) is 0.839. The standard InChI is InChI=1S/C17H22N2O5S/c1-11(20)18-6-2-15(21)19-7-4-17(5-8-19)12-10-14(16(22)23)25-13(12)3-9-24-17/h10H,2-9H2,1H3,(H,18,20)(H,22,23). The number of carbonyl (C=O) groups excluding carboxylic acids is 2. The SMILES string of the molecule is CC(=O)NCCC(=O)N1CCC2(CC1)OCCc1sc(C(=O)O)cc12. The highest BCUT2D eigenvalue weighted by atomic mass is 32.1. The summed E-state index contributed by atoms with van der Waals surface area (Å²) in [6.07, 6.45) is 2.37. The zero-order valence-electron chi connectivity index (χ0n) is 14.2. The molecule has 0 saturated carbocycles. The van der Waals surface area contributed by atoms with Gasteiger partial charge in [0.25, 0.3) is 0 Å². The average molecular weight is 366 g/mol. The Bertz CT molecular complexity index is 691. The average Bonchev–Trinajstić information content (AvgIpc) is 3.01. The van der Waals surface area contributed by atoms with Crippen LogP contribution in [0.3, 0.4) is 0 Å². The van der Waals surface area contributed by atoms with Crippen LogP contribution in [0, 0.1) is 0 Å². The Labute approximate surface area is 150 Å². The number of carboxylic acid groups (broad SMARTS) is 1. The Balaban J connectivity index is 1.65. The van der Waals surface area contributed by atoms with E-state index >= 15 is 0 Å². The van der Waals surface area contributed by atoms with Gasteiger partial charge >= 0.3 is 5.97 Å². The number of thiophene rings is 1. The van der Waals surface area contributed by atoms with Crippen molar-refractivity contribution in [2.45, 2.75) is 38.2 Å². The molecule has 2 aliphatic heterocycles. The first kappa shape index (κ1) is 17.9. The summed E-state index contributed by atoms with van der Waals surface area (Å²) < 4.78 is 6.09. The molecule has 3 rings (SSSR count). The second-order valence-corrected chi connectivity index (χ2v) is 7.60. The smallest absolute Gasteiger partial charge is 0.345 e. The van der Waals surface area contributed by atoms with Gasteiger partial charge in [-0.05, 0) is 24.5 Å². The van der Waals surface area contributed by atoms with Gasteiger partial charge in [-0.2, -0.15) is 0 Å². The zero-order chi connectivity index (χ0) is 18.0. The van der Waals surface area contributed by atoms with Gasteiger partial charge in [-0.1, -0.05) is 0 Å². The first-order chi connectivity index (χ1) is 11.9. The summed E-state index contributed by atoms with van der Waals surface area (Å²) in [4.78, 5) is 37.6. The number of nitrogens with zero attached hydrogens (tertiary/aromatic N) is 1. The van der Waals surface area contributed by atoms with Crippen LogP contribution in [-0.4, -0.2) is 54.0 Å². The largest absolute Gasteiger partial charge is 0.477 e. The predicted octanol–water partition coefficient (Wildman–Crippen LogP) is 1.36. The lowest BCUT2D eigenvalue weighted by molar-refractivity contribution is -0.140. The number of aromatic carboxylic acids is 1. The van der Waals surface area contributed by atoms with E-state index in [0.29, 0.717) is 50.4 Å². The Kier molecular flexibility index (Phi) is 5.10. The molecule has 7 nitrogen and oxygen atoms in total. The van der Waals surface area contributed by atoms with Gasteiger partial charge in [0, 0.05) is 44.3 Å². The normalized spacial score (nSPS) is 18.7. The lowest BCUT2D eigenvalue weighted by atomic mass is 9.82. The van der Waals surface area contributed by atoms with Gasteiger partial charge in [-0.15, -0.1) is 11.3 Å². The summed E-state index contributed by atoms with van der Waals surface area (Å²) in [6.45, 7) is 3.53. The van der Waals surface area contributed by atoms with Gasteiger partial charge in [0.2, 0.25) is 11.8 Å². The Morgan fingerprint density at radius 3 is 2.72 bits per heavy atom. The maximum absolute atomic E-state index is 12.2. The molecule has 0 aliphatic carbocycles. The first-order valence-electron chi connectivity index (χ1n) is 8.44. The van der Waals surface area contributed by atoms with E-state index in [-0.39, 0.29) is 11.8 Å². The van der Waals surface area contributed by atoms with Crippen molar-refractivity contribution in [3.05, 3.63) is 21.4 Å². The molecule has 1 saturated heterocycles. The van der Waals surface area contributed by atoms with Gasteiger partial charge in [-0.25, -0.2) is 4.79 Å². The molecule has 1 aromatic heterocycles. The summed E-state index contributed by atoms with van der Waals surface area (Å²) in [5.41, 5.74) is 0.526. The van der Waals surface area contributed by atoms with Crippen molar-refractivity contribution in [2.24, 2.45) is 0 Å². The Morgan fingerprint density at radius 1 is 1.36 bits per heavy atom. The van der Waals surface area contributed by atoms with Crippen LogP contribution < -0.4 is 5.32 Å². The minimum absolute atomic E-state index is 0.0242. The summed E-state index contributed by atoms with van der Waals surface area (Å²) >= 11 is 1.33. The number of likely N-dealkylation sites (tertiary alicyclic amines) is 1. The summed E-state index contributed by atoms with van der Waals surface area (Å²) in [6, 6.07) is 1.75. The molecule has 0 aromatic carbocycles. The van der Waals surface area contributed by atoms with Gasteiger partial charge < -0.3 is 20.1 Å². The minimum Gasteiger partial charge on any atom is -0.477 e. The van der Waals surface area contributed by atoms with E-state index in [0.717, 1.165) is 16.9 Å². The van der Waals surface area contributed by atoms with Crippen LogP contribution in [-0.2, 0) is 26.3 Å². The Morgan fingerprint density at radius 2 is 2.08 bits per heavy atom. The van der Waals surface area contributed by atoms with Gasteiger partial charge in [0.15, 0.2) is 0 Å². The number of hydrogen-bond donors (Lipinski definition) is 2. The molecule has 0 radical (unpaired) electrons. The number of hydrogen-bond acceptors (Lipinski definition) is 5. The number of nitrogens with one attached hydrogen (secondary N) is 1. The second kappa shape index (κ2) is 7.13. The number of piperidine rings is 1. The third-order valence-electron chi connectivity index (χ3n) is 4.85. The maximum atomic E-state index is 12.2. The van der Waals surface area contributed by atoms with Crippen molar-refractivity contribution in [1.82, 2.24) is 10.2 Å². The van der Waals surface area contributed by atoms with Crippen LogP contribution in [0.25, 0.3) is 0 Å². The highest BCUT2D eigenvalue weighted by Crippen LogP contribution is 2.44. The predicted molar refractivity (Wildman–Crippen MR) is 91.7 cm³/mol. The molecule has 25 heavy (non-hydrogen) atoms. The monoisotopic (exact) mass is 366 g/mol. The van der Waals surface area contributed by atoms with Crippen molar-refractivity contribution >= 4 is 29.1 Å². The van der Waals surface area contributed by atoms with E-state index in [1.165, 1.54) is 18.3 Å². The van der Waals surface area contributed by atoms with E-state index in [9.17, 15) is 19.5 Å². The van der Waals surface area contributed by atoms with E-state index < -0.39 is 11.6 Å². The fourth-order valence-electron chi connectivity index (χ4n) is 3.56. The third kappa shape index (κ3) is 3.69. The zero-order valence-corrected chi connectivity index (χ0v) is 15.0. The molecule has 8 heteroatoms. The number of carbonyl (C=O) groups is 3. The lowest BCUT2D eigenvalue weighted by Gasteiger charge is -2.44. The van der Waals surface area contributed by atoms with E-state index in [1.54, 1.807) is 11.0 Å². The number of ether oxygens (including phenoxy) is 1. The van der Waals surface area contributed by atoms with E-state index in [1.807, 2.05) is 0 Å². The molecular weight excluding hydrogens is 344 g/mol. The first-order valence-corrected chi connectivity index (χ1v) is 9.25. The minimum atomic E-state index is -0.903. The molecule has 0 unspecified atom stereocenters. The molecule has 1 aromatic rings. The Hall–Kier alpha value is -1.93. The molecule has 0 atom stereocenters. The fourth-order valence-corrected chi connectivity index (χ4v) is 4.63. The van der Waals surface area contributed by atoms with Crippen LogP contribution in [0.15, 0.2) is 6.07 Å².